The van der Waals surface area contributed by atoms with E-state index in [4.69, 9.17) is 0 Å². The summed E-state index contributed by atoms with van der Waals surface area (Å²) < 4.78 is 26.5. The molecule has 2 aliphatic rings. The molecule has 1 aliphatic carbocycles. The lowest BCUT2D eigenvalue weighted by molar-refractivity contribution is -0.124. The van der Waals surface area contributed by atoms with Crippen molar-refractivity contribution in [3.63, 3.8) is 0 Å². The second-order valence-corrected chi connectivity index (χ2v) is 7.26. The standard InChI is InChI=1S/C14H18N2O3S/c17-14(15-11-8-9-11)13-7-4-10-16(13)20(18,19)12-5-2-1-3-6-12/h1-3,5-6,11,13H,4,7-10H2,(H,15,17)/t13-/m0/s1. The highest BCUT2D eigenvalue weighted by atomic mass is 32.2. The molecular formula is C14H18N2O3S. The maximum absolute atomic E-state index is 12.6. The van der Waals surface area contributed by atoms with Gasteiger partial charge in [-0.2, -0.15) is 4.31 Å². The van der Waals surface area contributed by atoms with Crippen molar-refractivity contribution in [3.8, 4) is 0 Å². The average molecular weight is 294 g/mol. The topological polar surface area (TPSA) is 66.5 Å². The molecule has 1 amide bonds. The molecule has 0 bridgehead atoms. The number of sulfonamides is 1. The zero-order valence-electron chi connectivity index (χ0n) is 11.2. The maximum Gasteiger partial charge on any atom is 0.243 e. The van der Waals surface area contributed by atoms with Crippen LogP contribution in [0.15, 0.2) is 35.2 Å². The lowest BCUT2D eigenvalue weighted by atomic mass is 10.2. The molecule has 20 heavy (non-hydrogen) atoms. The minimum absolute atomic E-state index is 0.149. The summed E-state index contributed by atoms with van der Waals surface area (Å²) in [7, 11) is -3.58. The van der Waals surface area contributed by atoms with Gasteiger partial charge < -0.3 is 5.32 Å². The molecule has 0 radical (unpaired) electrons. The van der Waals surface area contributed by atoms with E-state index in [1.54, 1.807) is 30.3 Å². The Balaban J connectivity index is 1.82. The van der Waals surface area contributed by atoms with E-state index in [2.05, 4.69) is 5.32 Å². The molecular weight excluding hydrogens is 276 g/mol. The molecule has 5 nitrogen and oxygen atoms in total. The lowest BCUT2D eigenvalue weighted by Gasteiger charge is -2.23. The van der Waals surface area contributed by atoms with Crippen LogP contribution in [0, 0.1) is 0 Å². The van der Waals surface area contributed by atoms with Crippen molar-refractivity contribution >= 4 is 15.9 Å². The van der Waals surface area contributed by atoms with Gasteiger partial charge in [0.15, 0.2) is 0 Å². The Morgan fingerprint density at radius 1 is 1.15 bits per heavy atom. The van der Waals surface area contributed by atoms with E-state index in [-0.39, 0.29) is 16.8 Å². The molecule has 1 N–H and O–H groups in total. The summed E-state index contributed by atoms with van der Waals surface area (Å²) >= 11 is 0. The van der Waals surface area contributed by atoms with Gasteiger partial charge in [-0.3, -0.25) is 4.79 Å². The van der Waals surface area contributed by atoms with Gasteiger partial charge in [0.2, 0.25) is 15.9 Å². The third-order valence-corrected chi connectivity index (χ3v) is 5.70. The number of hydrogen-bond acceptors (Lipinski definition) is 3. The van der Waals surface area contributed by atoms with E-state index in [0.29, 0.717) is 13.0 Å². The van der Waals surface area contributed by atoms with Crippen LogP contribution in [0.4, 0.5) is 0 Å². The molecule has 1 atom stereocenters. The highest BCUT2D eigenvalue weighted by Crippen LogP contribution is 2.27. The van der Waals surface area contributed by atoms with Crippen LogP contribution in [-0.2, 0) is 14.8 Å². The highest BCUT2D eigenvalue weighted by molar-refractivity contribution is 7.89. The SMILES string of the molecule is O=C(NC1CC1)[C@@H]1CCCN1S(=O)(=O)c1ccccc1. The Hall–Kier alpha value is -1.40. The molecule has 3 rings (SSSR count). The van der Waals surface area contributed by atoms with Crippen LogP contribution in [0.3, 0.4) is 0 Å². The van der Waals surface area contributed by atoms with E-state index in [1.807, 2.05) is 0 Å². The quantitative estimate of drug-likeness (QED) is 0.905. The molecule has 1 aliphatic heterocycles. The first-order chi connectivity index (χ1) is 9.59. The number of carbonyl (C=O) groups is 1. The second-order valence-electron chi connectivity index (χ2n) is 5.37. The summed E-state index contributed by atoms with van der Waals surface area (Å²) in [5, 5.41) is 2.90. The molecule has 0 spiro atoms. The van der Waals surface area contributed by atoms with Crippen LogP contribution in [-0.4, -0.2) is 37.3 Å². The molecule has 1 saturated heterocycles. The van der Waals surface area contributed by atoms with Crippen molar-refractivity contribution in [1.82, 2.24) is 9.62 Å². The number of nitrogens with zero attached hydrogens (tertiary/aromatic N) is 1. The maximum atomic E-state index is 12.6. The summed E-state index contributed by atoms with van der Waals surface area (Å²) in [6, 6.07) is 8.02. The molecule has 0 unspecified atom stereocenters. The summed E-state index contributed by atoms with van der Waals surface area (Å²) in [4.78, 5) is 12.4. The monoisotopic (exact) mass is 294 g/mol. The van der Waals surface area contributed by atoms with Crippen molar-refractivity contribution in [2.45, 2.75) is 42.7 Å². The van der Waals surface area contributed by atoms with Crippen LogP contribution in [0.25, 0.3) is 0 Å². The number of nitrogens with one attached hydrogen (secondary N) is 1. The first kappa shape index (κ1) is 13.6. The number of hydrogen-bond donors (Lipinski definition) is 1. The highest BCUT2D eigenvalue weighted by Gasteiger charge is 2.40. The van der Waals surface area contributed by atoms with Gasteiger partial charge in [0.05, 0.1) is 4.90 Å². The first-order valence-corrected chi connectivity index (χ1v) is 8.40. The van der Waals surface area contributed by atoms with Crippen molar-refractivity contribution < 1.29 is 13.2 Å². The van der Waals surface area contributed by atoms with Gasteiger partial charge in [-0.05, 0) is 37.8 Å². The van der Waals surface area contributed by atoms with Crippen LogP contribution >= 0.6 is 0 Å². The summed E-state index contributed by atoms with van der Waals surface area (Å²) in [5.74, 6) is -0.149. The zero-order valence-corrected chi connectivity index (χ0v) is 12.0. The van der Waals surface area contributed by atoms with Crippen molar-refractivity contribution in [1.29, 1.82) is 0 Å². The fourth-order valence-corrected chi connectivity index (χ4v) is 4.22. The van der Waals surface area contributed by atoms with Gasteiger partial charge in [0.25, 0.3) is 0 Å². The minimum atomic E-state index is -3.58. The van der Waals surface area contributed by atoms with Gasteiger partial charge in [0, 0.05) is 12.6 Å². The van der Waals surface area contributed by atoms with Gasteiger partial charge in [-0.25, -0.2) is 8.42 Å². The van der Waals surface area contributed by atoms with E-state index >= 15 is 0 Å². The van der Waals surface area contributed by atoms with E-state index in [9.17, 15) is 13.2 Å². The van der Waals surface area contributed by atoms with Crippen LogP contribution in [0.1, 0.15) is 25.7 Å². The Labute approximate surface area is 119 Å². The Morgan fingerprint density at radius 3 is 2.50 bits per heavy atom. The molecule has 2 fully saturated rings. The Morgan fingerprint density at radius 2 is 1.85 bits per heavy atom. The molecule has 108 valence electrons. The van der Waals surface area contributed by atoms with Gasteiger partial charge in [0.1, 0.15) is 6.04 Å². The Bertz CT molecular complexity index is 596. The largest absolute Gasteiger partial charge is 0.352 e. The molecule has 1 aromatic rings. The van der Waals surface area contributed by atoms with Crippen molar-refractivity contribution in [2.24, 2.45) is 0 Å². The predicted octanol–water partition coefficient (Wildman–Crippen LogP) is 1.12. The minimum Gasteiger partial charge on any atom is -0.352 e. The smallest absolute Gasteiger partial charge is 0.243 e. The van der Waals surface area contributed by atoms with Gasteiger partial charge in [-0.15, -0.1) is 0 Å². The van der Waals surface area contributed by atoms with Crippen LogP contribution in [0.2, 0.25) is 0 Å². The Kier molecular flexibility index (Phi) is 3.52. The first-order valence-electron chi connectivity index (χ1n) is 6.96. The summed E-state index contributed by atoms with van der Waals surface area (Å²) in [5.41, 5.74) is 0. The third kappa shape index (κ3) is 2.58. The lowest BCUT2D eigenvalue weighted by Crippen LogP contribution is -2.46. The molecule has 1 aromatic carbocycles. The van der Waals surface area contributed by atoms with E-state index in [1.165, 1.54) is 4.31 Å². The molecule has 1 saturated carbocycles. The second kappa shape index (κ2) is 5.18. The molecule has 1 heterocycles. The third-order valence-electron chi connectivity index (χ3n) is 3.78. The van der Waals surface area contributed by atoms with Crippen LogP contribution < -0.4 is 5.32 Å². The van der Waals surface area contributed by atoms with Crippen molar-refractivity contribution in [2.75, 3.05) is 6.54 Å². The number of benzene rings is 1. The number of amides is 1. The summed E-state index contributed by atoms with van der Waals surface area (Å²) in [6.45, 7) is 0.417. The summed E-state index contributed by atoms with van der Waals surface area (Å²) in [6.07, 6.45) is 3.34. The fraction of sp³-hybridized carbons (Fsp3) is 0.500. The molecule has 0 aromatic heterocycles. The predicted molar refractivity (Wildman–Crippen MR) is 74.5 cm³/mol. The van der Waals surface area contributed by atoms with Gasteiger partial charge >= 0.3 is 0 Å². The fourth-order valence-electron chi connectivity index (χ4n) is 2.54. The number of rotatable bonds is 4. The normalized spacial score (nSPS) is 23.7. The van der Waals surface area contributed by atoms with Crippen LogP contribution in [0.5, 0.6) is 0 Å². The average Bonchev–Trinajstić information content (AvgIpc) is 3.11. The van der Waals surface area contributed by atoms with Gasteiger partial charge in [-0.1, -0.05) is 18.2 Å². The number of carbonyl (C=O) groups excluding carboxylic acids is 1. The zero-order chi connectivity index (χ0) is 14.2. The molecule has 6 heteroatoms. The van der Waals surface area contributed by atoms with E-state index in [0.717, 1.165) is 19.3 Å². The van der Waals surface area contributed by atoms with Crippen molar-refractivity contribution in [3.05, 3.63) is 30.3 Å². The van der Waals surface area contributed by atoms with E-state index < -0.39 is 16.1 Å².